The molecular formula is C28H33ClF2N2O2. The van der Waals surface area contributed by atoms with Crippen molar-refractivity contribution >= 4 is 22.5 Å². The molecule has 35 heavy (non-hydrogen) atoms. The van der Waals surface area contributed by atoms with Gasteiger partial charge in [-0.15, -0.1) is 0 Å². The highest BCUT2D eigenvalue weighted by Gasteiger charge is 2.25. The van der Waals surface area contributed by atoms with Crippen LogP contribution in [0.5, 0.6) is 5.75 Å². The Balaban J connectivity index is 1.21. The molecule has 1 saturated heterocycles. The summed E-state index contributed by atoms with van der Waals surface area (Å²) in [5.74, 6) is -0.446. The summed E-state index contributed by atoms with van der Waals surface area (Å²) >= 11 is 6.47. The van der Waals surface area contributed by atoms with Crippen LogP contribution < -0.4 is 4.74 Å². The zero-order valence-electron chi connectivity index (χ0n) is 20.2. The fourth-order valence-electron chi connectivity index (χ4n) is 5.10. The number of fused-ring (bicyclic) bond motifs is 1. The molecule has 188 valence electrons. The minimum atomic E-state index is -0.781. The molecule has 1 aliphatic heterocycles. The molecule has 1 N–H and O–H groups in total. The highest BCUT2D eigenvalue weighted by atomic mass is 35.5. The number of likely N-dealkylation sites (tertiary alicyclic amines) is 1. The summed E-state index contributed by atoms with van der Waals surface area (Å²) in [6.45, 7) is 2.71. The van der Waals surface area contributed by atoms with Crippen LogP contribution >= 0.6 is 11.6 Å². The Bertz CT molecular complexity index is 1140. The summed E-state index contributed by atoms with van der Waals surface area (Å²) in [5.41, 5.74) is 2.38. The van der Waals surface area contributed by atoms with Gasteiger partial charge in [-0.1, -0.05) is 23.7 Å². The lowest BCUT2D eigenvalue weighted by Crippen LogP contribution is -2.38. The van der Waals surface area contributed by atoms with Gasteiger partial charge in [0.2, 0.25) is 0 Å². The first-order chi connectivity index (χ1) is 17.0. The van der Waals surface area contributed by atoms with Gasteiger partial charge < -0.3 is 14.7 Å². The van der Waals surface area contributed by atoms with E-state index in [1.807, 2.05) is 18.2 Å². The number of nitrogens with zero attached hydrogens (tertiary/aromatic N) is 2. The molecule has 0 bridgehead atoms. The zero-order chi connectivity index (χ0) is 24.8. The third-order valence-electron chi connectivity index (χ3n) is 7.19. The van der Waals surface area contributed by atoms with E-state index >= 15 is 0 Å². The molecule has 1 aromatic heterocycles. The van der Waals surface area contributed by atoms with Crippen molar-refractivity contribution in [2.75, 3.05) is 26.7 Å². The van der Waals surface area contributed by atoms with Crippen molar-refractivity contribution in [2.45, 2.75) is 51.0 Å². The van der Waals surface area contributed by atoms with Crippen LogP contribution in [0.3, 0.4) is 0 Å². The van der Waals surface area contributed by atoms with Gasteiger partial charge in [0.15, 0.2) is 11.6 Å². The molecule has 2 heterocycles. The lowest BCUT2D eigenvalue weighted by molar-refractivity contribution is 0.0521. The molecule has 0 aliphatic carbocycles. The first-order valence-electron chi connectivity index (χ1n) is 12.4. The maximum Gasteiger partial charge on any atom is 0.162 e. The number of piperidine rings is 1. The van der Waals surface area contributed by atoms with E-state index in [4.69, 9.17) is 16.3 Å². The first kappa shape index (κ1) is 25.8. The Morgan fingerprint density at radius 3 is 2.71 bits per heavy atom. The van der Waals surface area contributed by atoms with Crippen molar-refractivity contribution in [3.63, 3.8) is 0 Å². The number of aryl methyl sites for hydroxylation is 2. The fourth-order valence-corrected chi connectivity index (χ4v) is 5.35. The Kier molecular flexibility index (Phi) is 8.93. The summed E-state index contributed by atoms with van der Waals surface area (Å²) < 4.78 is 32.5. The number of aromatic nitrogens is 1. The Labute approximate surface area is 210 Å². The summed E-state index contributed by atoms with van der Waals surface area (Å²) in [6, 6.07) is 10.2. The van der Waals surface area contributed by atoms with Crippen LogP contribution in [0.25, 0.3) is 10.9 Å². The topological polar surface area (TPSA) is 45.6 Å². The van der Waals surface area contributed by atoms with E-state index in [1.165, 1.54) is 0 Å². The number of halogens is 3. The molecule has 1 unspecified atom stereocenters. The minimum absolute atomic E-state index is 0.289. The van der Waals surface area contributed by atoms with Crippen LogP contribution in [0.1, 0.15) is 43.2 Å². The predicted molar refractivity (Wildman–Crippen MR) is 136 cm³/mol. The maximum atomic E-state index is 13.8. The number of hydrogen-bond acceptors (Lipinski definition) is 4. The molecule has 7 heteroatoms. The van der Waals surface area contributed by atoms with E-state index in [9.17, 15) is 13.9 Å². The summed E-state index contributed by atoms with van der Waals surface area (Å²) in [7, 11) is 1.64. The van der Waals surface area contributed by atoms with E-state index < -0.39 is 11.6 Å². The number of benzene rings is 2. The van der Waals surface area contributed by atoms with Crippen molar-refractivity contribution < 1.29 is 18.6 Å². The maximum absolute atomic E-state index is 13.8. The van der Waals surface area contributed by atoms with Gasteiger partial charge in [0.25, 0.3) is 0 Å². The second-order valence-corrected chi connectivity index (χ2v) is 9.83. The van der Waals surface area contributed by atoms with Gasteiger partial charge >= 0.3 is 0 Å². The van der Waals surface area contributed by atoms with Gasteiger partial charge in [0.1, 0.15) is 5.75 Å². The Hall–Kier alpha value is -2.28. The number of aliphatic hydroxyl groups is 1. The lowest BCUT2D eigenvalue weighted by atomic mass is 9.88. The van der Waals surface area contributed by atoms with Crippen LogP contribution in [0.4, 0.5) is 8.78 Å². The van der Waals surface area contributed by atoms with E-state index in [-0.39, 0.29) is 12.0 Å². The zero-order valence-corrected chi connectivity index (χ0v) is 20.9. The number of ether oxygens (including phenoxy) is 1. The third-order valence-corrected chi connectivity index (χ3v) is 7.51. The van der Waals surface area contributed by atoms with Crippen LogP contribution in [0.15, 0.2) is 42.6 Å². The quantitative estimate of drug-likeness (QED) is 0.358. The largest absolute Gasteiger partial charge is 0.497 e. The highest BCUT2D eigenvalue weighted by Crippen LogP contribution is 2.30. The van der Waals surface area contributed by atoms with E-state index in [0.29, 0.717) is 17.0 Å². The van der Waals surface area contributed by atoms with Crippen molar-refractivity contribution in [1.82, 2.24) is 9.88 Å². The number of aliphatic hydroxyl groups excluding tert-OH is 1. The molecule has 2 aromatic carbocycles. The van der Waals surface area contributed by atoms with Gasteiger partial charge in [-0.2, -0.15) is 0 Å². The van der Waals surface area contributed by atoms with E-state index in [2.05, 4.69) is 9.88 Å². The van der Waals surface area contributed by atoms with E-state index in [0.717, 1.165) is 86.4 Å². The molecule has 0 saturated carbocycles. The molecule has 0 radical (unpaired) electrons. The molecule has 1 atom stereocenters. The normalized spacial score (nSPS) is 16.0. The van der Waals surface area contributed by atoms with Crippen molar-refractivity contribution in [3.8, 4) is 5.75 Å². The molecule has 4 rings (SSSR count). The van der Waals surface area contributed by atoms with Crippen molar-refractivity contribution in [2.24, 2.45) is 5.92 Å². The lowest BCUT2D eigenvalue weighted by Gasteiger charge is -2.34. The molecule has 1 fully saturated rings. The first-order valence-corrected chi connectivity index (χ1v) is 12.8. The van der Waals surface area contributed by atoms with Crippen LogP contribution in [0.2, 0.25) is 5.02 Å². The summed E-state index contributed by atoms with van der Waals surface area (Å²) in [4.78, 5) is 6.77. The number of pyridine rings is 1. The average Bonchev–Trinajstić information content (AvgIpc) is 2.88. The van der Waals surface area contributed by atoms with Crippen molar-refractivity contribution in [3.05, 3.63) is 70.4 Å². The predicted octanol–water partition coefficient (Wildman–Crippen LogP) is 6.20. The minimum Gasteiger partial charge on any atom is -0.497 e. The Morgan fingerprint density at radius 2 is 1.94 bits per heavy atom. The van der Waals surface area contributed by atoms with Crippen molar-refractivity contribution in [1.29, 1.82) is 0 Å². The van der Waals surface area contributed by atoms with Gasteiger partial charge in [0, 0.05) is 11.6 Å². The average molecular weight is 503 g/mol. The highest BCUT2D eigenvalue weighted by molar-refractivity contribution is 6.32. The van der Waals surface area contributed by atoms with Gasteiger partial charge in [0.05, 0.1) is 23.8 Å². The molecule has 3 aromatic rings. The van der Waals surface area contributed by atoms with Crippen LogP contribution in [-0.2, 0) is 12.8 Å². The molecule has 1 aliphatic rings. The summed E-state index contributed by atoms with van der Waals surface area (Å²) in [5, 5.41) is 12.5. The number of rotatable bonds is 10. The SMILES string of the molecule is COc1ccc2ncc(Cl)c(CCCC(O)C3CCN(CCCc4cccc(F)c4F)CC3)c2c1. The van der Waals surface area contributed by atoms with Crippen LogP contribution in [0, 0.1) is 17.6 Å². The standard InChI is InChI=1S/C28H33ClF2N2O2/c1-35-21-10-11-26-23(17-21)22(24(29)18-32-26)7-3-9-27(34)19-12-15-33(16-13-19)14-4-6-20-5-2-8-25(30)28(20)31/h2,5,8,10-11,17-19,27,34H,3-4,6-7,9,12-16H2,1H3. The molecule has 0 spiro atoms. The summed E-state index contributed by atoms with van der Waals surface area (Å²) in [6.07, 6.45) is 6.93. The second-order valence-electron chi connectivity index (χ2n) is 9.42. The molecule has 4 nitrogen and oxygen atoms in total. The molecule has 0 amide bonds. The van der Waals surface area contributed by atoms with Crippen LogP contribution in [-0.4, -0.2) is 47.8 Å². The third kappa shape index (κ3) is 6.49. The van der Waals surface area contributed by atoms with Gasteiger partial charge in [-0.3, -0.25) is 4.98 Å². The number of hydrogen-bond donors (Lipinski definition) is 1. The monoisotopic (exact) mass is 502 g/mol. The van der Waals surface area contributed by atoms with Gasteiger partial charge in [-0.25, -0.2) is 8.78 Å². The van der Waals surface area contributed by atoms with Gasteiger partial charge in [-0.05, 0) is 106 Å². The number of methoxy groups -OCH3 is 1. The Morgan fingerprint density at radius 1 is 1.14 bits per heavy atom. The fraction of sp³-hybridized carbons (Fsp3) is 0.464. The smallest absolute Gasteiger partial charge is 0.162 e. The second kappa shape index (κ2) is 12.1. The molecular weight excluding hydrogens is 470 g/mol. The van der Waals surface area contributed by atoms with E-state index in [1.54, 1.807) is 25.4 Å².